The van der Waals surface area contributed by atoms with Crippen LogP contribution in [0.1, 0.15) is 65.7 Å². The van der Waals surface area contributed by atoms with Gasteiger partial charge in [-0.25, -0.2) is 0 Å². The molecule has 1 nitrogen and oxygen atoms in total. The lowest BCUT2D eigenvalue weighted by atomic mass is 9.44. The third-order valence-electron chi connectivity index (χ3n) is 6.75. The molecule has 0 unspecified atom stereocenters. The van der Waals surface area contributed by atoms with Crippen molar-refractivity contribution in [2.24, 2.45) is 22.2 Å². The summed E-state index contributed by atoms with van der Waals surface area (Å²) in [5.41, 5.74) is 1.38. The van der Waals surface area contributed by atoms with Crippen LogP contribution < -0.4 is 0 Å². The quantitative estimate of drug-likeness (QED) is 0.474. The zero-order valence-corrected chi connectivity index (χ0v) is 14.1. The van der Waals surface area contributed by atoms with Gasteiger partial charge in [0.05, 0.1) is 5.41 Å². The van der Waals surface area contributed by atoms with E-state index >= 15 is 0 Å². The Balaban J connectivity index is 2.10. The van der Waals surface area contributed by atoms with Gasteiger partial charge in [0.25, 0.3) is 0 Å². The van der Waals surface area contributed by atoms with Gasteiger partial charge in [0.1, 0.15) is 5.78 Å². The molecule has 0 saturated heterocycles. The molecule has 0 aromatic rings. The van der Waals surface area contributed by atoms with Crippen molar-refractivity contribution in [3.8, 4) is 24.2 Å². The Morgan fingerprint density at radius 3 is 2.73 bits per heavy atom. The molecule has 116 valence electrons. The van der Waals surface area contributed by atoms with Gasteiger partial charge in [-0.3, -0.25) is 4.79 Å². The standard InChI is InChI=1S/C21H26O/c1-5-6-12-21-13-8-7-9-17(21)20(4)14-11-18(22)19(2,3)16(20)10-15-21/h1,9,16H,7-8,10-11,13-15H2,2-4H3/t16-,20-,21+/m0/s1. The molecule has 3 aliphatic carbocycles. The van der Waals surface area contributed by atoms with Gasteiger partial charge >= 0.3 is 0 Å². The van der Waals surface area contributed by atoms with Gasteiger partial charge in [0.15, 0.2) is 0 Å². The SMILES string of the molecule is C#CC#C[C@]12CCCC=C1[C@@]1(C)CCC(=O)C(C)(C)[C@@H]1CC2. The number of terminal acetylenes is 1. The summed E-state index contributed by atoms with van der Waals surface area (Å²) in [6.07, 6.45) is 15.1. The molecular weight excluding hydrogens is 268 g/mol. The first-order valence-electron chi connectivity index (χ1n) is 8.59. The number of hydrogen-bond acceptors (Lipinski definition) is 1. The monoisotopic (exact) mass is 294 g/mol. The lowest BCUT2D eigenvalue weighted by molar-refractivity contribution is -0.141. The number of hydrogen-bond donors (Lipinski definition) is 0. The third-order valence-corrected chi connectivity index (χ3v) is 6.75. The molecule has 2 fully saturated rings. The average Bonchev–Trinajstić information content (AvgIpc) is 2.50. The molecule has 1 heteroatoms. The van der Waals surface area contributed by atoms with Crippen molar-refractivity contribution in [3.05, 3.63) is 11.6 Å². The molecule has 2 saturated carbocycles. The van der Waals surface area contributed by atoms with Crippen LogP contribution in [0.15, 0.2) is 11.6 Å². The summed E-state index contributed by atoms with van der Waals surface area (Å²) in [6, 6.07) is 0. The van der Waals surface area contributed by atoms with Gasteiger partial charge in [-0.1, -0.05) is 32.8 Å². The van der Waals surface area contributed by atoms with Crippen molar-refractivity contribution in [1.29, 1.82) is 0 Å². The molecule has 3 atom stereocenters. The maximum absolute atomic E-state index is 12.5. The van der Waals surface area contributed by atoms with E-state index in [0.29, 0.717) is 18.1 Å². The summed E-state index contributed by atoms with van der Waals surface area (Å²) in [5.74, 6) is 9.75. The molecule has 0 spiro atoms. The van der Waals surface area contributed by atoms with Crippen LogP contribution in [0, 0.1) is 46.3 Å². The molecule has 0 radical (unpaired) electrons. The Kier molecular flexibility index (Phi) is 3.52. The second kappa shape index (κ2) is 5.03. The largest absolute Gasteiger partial charge is 0.299 e. The highest BCUT2D eigenvalue weighted by atomic mass is 16.1. The summed E-state index contributed by atoms with van der Waals surface area (Å²) < 4.78 is 0. The maximum Gasteiger partial charge on any atom is 0.138 e. The number of fused-ring (bicyclic) bond motifs is 3. The molecule has 0 amide bonds. The smallest absolute Gasteiger partial charge is 0.138 e. The topological polar surface area (TPSA) is 17.1 Å². The fraction of sp³-hybridized carbons (Fsp3) is 0.667. The Bertz CT molecular complexity index is 633. The molecule has 0 aromatic heterocycles. The minimum atomic E-state index is -0.211. The molecule has 22 heavy (non-hydrogen) atoms. The fourth-order valence-corrected chi connectivity index (χ4v) is 5.62. The number of carbonyl (C=O) groups excluding carboxylic acids is 1. The highest BCUT2D eigenvalue weighted by Gasteiger charge is 2.59. The molecular formula is C21H26O. The van der Waals surface area contributed by atoms with Crippen molar-refractivity contribution in [2.45, 2.75) is 65.7 Å². The Morgan fingerprint density at radius 1 is 1.23 bits per heavy atom. The number of rotatable bonds is 0. The Hall–Kier alpha value is -1.47. The lowest BCUT2D eigenvalue weighted by Gasteiger charge is -2.59. The minimum Gasteiger partial charge on any atom is -0.299 e. The molecule has 0 aliphatic heterocycles. The van der Waals surface area contributed by atoms with Crippen LogP contribution in [-0.2, 0) is 4.79 Å². The fourth-order valence-electron chi connectivity index (χ4n) is 5.62. The summed E-state index contributed by atoms with van der Waals surface area (Å²) in [7, 11) is 0. The second-order valence-electron chi connectivity index (χ2n) is 8.14. The normalized spacial score (nSPS) is 39.5. The van der Waals surface area contributed by atoms with E-state index in [0.717, 1.165) is 32.1 Å². The average molecular weight is 294 g/mol. The van der Waals surface area contributed by atoms with Crippen molar-refractivity contribution in [1.82, 2.24) is 0 Å². The van der Waals surface area contributed by atoms with Crippen molar-refractivity contribution in [3.63, 3.8) is 0 Å². The molecule has 3 rings (SSSR count). The van der Waals surface area contributed by atoms with E-state index in [4.69, 9.17) is 6.42 Å². The Morgan fingerprint density at radius 2 is 2.00 bits per heavy atom. The number of Topliss-reactive ketones (excluding diaryl/α,β-unsaturated/α-hetero) is 1. The summed E-state index contributed by atoms with van der Waals surface area (Å²) in [6.45, 7) is 6.69. The van der Waals surface area contributed by atoms with Crippen molar-refractivity contribution >= 4 is 5.78 Å². The predicted molar refractivity (Wildman–Crippen MR) is 89.8 cm³/mol. The second-order valence-corrected chi connectivity index (χ2v) is 8.14. The maximum atomic E-state index is 12.5. The van der Waals surface area contributed by atoms with Gasteiger partial charge in [-0.05, 0) is 67.3 Å². The van der Waals surface area contributed by atoms with Crippen LogP contribution in [-0.4, -0.2) is 5.78 Å². The van der Waals surface area contributed by atoms with Crippen LogP contribution in [0.4, 0.5) is 0 Å². The third kappa shape index (κ3) is 1.99. The number of carbonyl (C=O) groups is 1. The molecule has 0 heterocycles. The van der Waals surface area contributed by atoms with Gasteiger partial charge in [0, 0.05) is 11.8 Å². The van der Waals surface area contributed by atoms with Crippen molar-refractivity contribution < 1.29 is 4.79 Å². The van der Waals surface area contributed by atoms with E-state index in [-0.39, 0.29) is 16.2 Å². The number of ketones is 1. The zero-order chi connectivity index (χ0) is 16.0. The highest BCUT2D eigenvalue weighted by molar-refractivity contribution is 5.85. The molecule has 0 bridgehead atoms. The van der Waals surface area contributed by atoms with Gasteiger partial charge in [-0.15, -0.1) is 6.42 Å². The first-order valence-corrected chi connectivity index (χ1v) is 8.59. The van der Waals surface area contributed by atoms with Gasteiger partial charge < -0.3 is 0 Å². The minimum absolute atomic E-state index is 0.0215. The summed E-state index contributed by atoms with van der Waals surface area (Å²) in [5, 5.41) is 0. The van der Waals surface area contributed by atoms with E-state index in [1.807, 2.05) is 0 Å². The van der Waals surface area contributed by atoms with Crippen LogP contribution in [0.5, 0.6) is 0 Å². The van der Waals surface area contributed by atoms with E-state index in [1.165, 1.54) is 12.0 Å². The van der Waals surface area contributed by atoms with Crippen LogP contribution in [0.25, 0.3) is 0 Å². The van der Waals surface area contributed by atoms with Crippen LogP contribution in [0.3, 0.4) is 0 Å². The molecule has 0 aromatic carbocycles. The zero-order valence-electron chi connectivity index (χ0n) is 14.1. The van der Waals surface area contributed by atoms with E-state index in [2.05, 4.69) is 44.6 Å². The number of allylic oxidation sites excluding steroid dienone is 2. The first-order chi connectivity index (χ1) is 10.4. The summed E-state index contributed by atoms with van der Waals surface area (Å²) >= 11 is 0. The van der Waals surface area contributed by atoms with E-state index in [1.54, 1.807) is 0 Å². The lowest BCUT2D eigenvalue weighted by Crippen LogP contribution is -2.54. The molecule has 3 aliphatic rings. The van der Waals surface area contributed by atoms with Crippen LogP contribution in [0.2, 0.25) is 0 Å². The van der Waals surface area contributed by atoms with E-state index in [9.17, 15) is 4.79 Å². The van der Waals surface area contributed by atoms with Crippen molar-refractivity contribution in [2.75, 3.05) is 0 Å². The van der Waals surface area contributed by atoms with Gasteiger partial charge in [0.2, 0.25) is 0 Å². The Labute approximate surface area is 134 Å². The summed E-state index contributed by atoms with van der Waals surface area (Å²) in [4.78, 5) is 12.5. The highest BCUT2D eigenvalue weighted by Crippen LogP contribution is 2.65. The molecule has 0 N–H and O–H groups in total. The van der Waals surface area contributed by atoms with Crippen LogP contribution >= 0.6 is 0 Å². The first kappa shape index (κ1) is 15.4. The van der Waals surface area contributed by atoms with E-state index < -0.39 is 0 Å². The van der Waals surface area contributed by atoms with Gasteiger partial charge in [-0.2, -0.15) is 0 Å². The predicted octanol–water partition coefficient (Wildman–Crippen LogP) is 4.53.